The van der Waals surface area contributed by atoms with Gasteiger partial charge in [0.05, 0.1) is 0 Å². The van der Waals surface area contributed by atoms with Crippen molar-refractivity contribution in [1.29, 1.82) is 0 Å². The van der Waals surface area contributed by atoms with Crippen LogP contribution in [-0.4, -0.2) is 16.8 Å². The Labute approximate surface area is 134 Å². The molecular weight excluding hydrogens is 295 g/mol. The zero-order valence-electron chi connectivity index (χ0n) is 13.4. The van der Waals surface area contributed by atoms with Gasteiger partial charge >= 0.3 is 134 Å². The van der Waals surface area contributed by atoms with Crippen molar-refractivity contribution in [3.05, 3.63) is 34.4 Å². The van der Waals surface area contributed by atoms with Gasteiger partial charge in [0.15, 0.2) is 0 Å². The number of carbonyl (C=O) groups excluding carboxylic acids is 1. The molecule has 0 N–H and O–H groups in total. The maximum absolute atomic E-state index is 13.5. The summed E-state index contributed by atoms with van der Waals surface area (Å²) in [6.45, 7) is 4.15. The van der Waals surface area contributed by atoms with Crippen molar-refractivity contribution in [1.82, 2.24) is 0 Å². The Morgan fingerprint density at radius 3 is 1.86 bits per heavy atom. The van der Waals surface area contributed by atoms with E-state index in [1.807, 2.05) is 0 Å². The summed E-state index contributed by atoms with van der Waals surface area (Å²) in [7, 11) is 0. The van der Waals surface area contributed by atoms with E-state index in [0.29, 0.717) is 16.8 Å². The van der Waals surface area contributed by atoms with E-state index in [-0.39, 0.29) is 0 Å². The second kappa shape index (κ2) is 5.70. The van der Waals surface area contributed by atoms with Crippen LogP contribution in [0, 0.1) is 20.8 Å². The summed E-state index contributed by atoms with van der Waals surface area (Å²) in [5.41, 5.74) is 6.22. The molecule has 2 aliphatic heterocycles. The van der Waals surface area contributed by atoms with Crippen molar-refractivity contribution in [2.24, 2.45) is 0 Å². The summed E-state index contributed by atoms with van der Waals surface area (Å²) in [6, 6.07) is 4.31. The number of hydrogen-bond acceptors (Lipinski definition) is 2. The monoisotopic (exact) mass is 322 g/mol. The first kappa shape index (κ1) is 15.6. The number of aryl methyl sites for hydroxylation is 3. The van der Waals surface area contributed by atoms with E-state index in [0.717, 1.165) is 16.7 Å². The first-order chi connectivity index (χ1) is 9.94. The first-order valence-corrected chi connectivity index (χ1v) is 11.7. The van der Waals surface area contributed by atoms with Crippen LogP contribution in [0.4, 0.5) is 0 Å². The molecule has 0 saturated carbocycles. The Balaban J connectivity index is 2.05. The molecule has 0 radical (unpaired) electrons. The van der Waals surface area contributed by atoms with Crippen molar-refractivity contribution >= 4 is 24.2 Å². The van der Waals surface area contributed by atoms with Gasteiger partial charge in [-0.3, -0.25) is 0 Å². The molecular formula is C18H27OPS. The summed E-state index contributed by atoms with van der Waals surface area (Å²) in [5.74, 6) is 0. The molecule has 21 heavy (non-hydrogen) atoms. The first-order valence-electron chi connectivity index (χ1n) is 8.29. The Morgan fingerprint density at radius 2 is 1.43 bits per heavy atom. The second-order valence-electron chi connectivity index (χ2n) is 7.18. The predicted molar refractivity (Wildman–Crippen MR) is 97.6 cm³/mol. The zero-order valence-corrected chi connectivity index (χ0v) is 15.3. The average molecular weight is 322 g/mol. The molecule has 0 atom stereocenters. The fraction of sp³-hybridized carbons (Fsp3) is 0.611. The molecule has 3 heteroatoms. The molecule has 2 heterocycles. The SMILES string of the molecule is Cc1cc(C)c(C(=O)[PH]2(S)C3CCCC2CCC3)c(C)c1. The molecule has 0 amide bonds. The summed E-state index contributed by atoms with van der Waals surface area (Å²) in [6.07, 6.45) is 7.57. The molecule has 1 nitrogen and oxygen atoms in total. The van der Waals surface area contributed by atoms with E-state index < -0.39 is 6.46 Å². The van der Waals surface area contributed by atoms with E-state index in [1.165, 1.54) is 44.1 Å². The van der Waals surface area contributed by atoms with E-state index in [4.69, 9.17) is 12.2 Å². The van der Waals surface area contributed by atoms with Gasteiger partial charge in [-0.1, -0.05) is 0 Å². The topological polar surface area (TPSA) is 17.1 Å². The quantitative estimate of drug-likeness (QED) is 0.566. The predicted octanol–water partition coefficient (Wildman–Crippen LogP) is 5.45. The molecule has 2 bridgehead atoms. The molecule has 2 saturated heterocycles. The number of hydrogen-bond donors (Lipinski definition) is 1. The molecule has 0 unspecified atom stereocenters. The number of thiol groups is 1. The van der Waals surface area contributed by atoms with E-state index >= 15 is 0 Å². The van der Waals surface area contributed by atoms with Crippen molar-refractivity contribution in [3.8, 4) is 0 Å². The van der Waals surface area contributed by atoms with Crippen molar-refractivity contribution in [2.75, 3.05) is 0 Å². The van der Waals surface area contributed by atoms with Crippen LogP contribution in [0.15, 0.2) is 12.1 Å². The Kier molecular flexibility index (Phi) is 4.23. The molecule has 3 rings (SSSR count). The maximum atomic E-state index is 13.5. The van der Waals surface area contributed by atoms with Gasteiger partial charge in [0, 0.05) is 0 Å². The number of carbonyl (C=O) groups is 1. The number of rotatable bonds is 2. The van der Waals surface area contributed by atoms with Gasteiger partial charge < -0.3 is 0 Å². The standard InChI is InChI=1S/C18H27OPS/c1-12-10-13(2)17(14(3)11-12)18(19)20(21)15-6-4-7-16(20)9-5-8-15/h10-11,15-16,20-21H,4-9H2,1-3H3. The van der Waals surface area contributed by atoms with E-state index in [9.17, 15) is 4.79 Å². The Bertz CT molecular complexity index is 536. The Morgan fingerprint density at radius 1 is 1.00 bits per heavy atom. The molecule has 0 aromatic heterocycles. The third-order valence-electron chi connectivity index (χ3n) is 5.72. The molecule has 0 aliphatic carbocycles. The van der Waals surface area contributed by atoms with E-state index in [2.05, 4.69) is 32.9 Å². The van der Waals surface area contributed by atoms with Crippen LogP contribution in [0.25, 0.3) is 0 Å². The normalized spacial score (nSPS) is 29.0. The second-order valence-corrected chi connectivity index (χ2v) is 13.1. The van der Waals surface area contributed by atoms with Crippen LogP contribution in [0.3, 0.4) is 0 Å². The summed E-state index contributed by atoms with van der Waals surface area (Å²) >= 11 is 5.19. The Hall–Kier alpha value is -0.330. The van der Waals surface area contributed by atoms with Crippen LogP contribution in [0.1, 0.15) is 65.6 Å². The minimum absolute atomic E-state index is 0.440. The molecule has 0 spiro atoms. The number of fused-ring (bicyclic) bond motifs is 2. The van der Waals surface area contributed by atoms with E-state index in [1.54, 1.807) is 0 Å². The molecule has 1 aromatic carbocycles. The van der Waals surface area contributed by atoms with Crippen molar-refractivity contribution in [2.45, 2.75) is 70.6 Å². The zero-order chi connectivity index (χ0) is 15.2. The van der Waals surface area contributed by atoms with Crippen LogP contribution >= 0.6 is 18.7 Å². The van der Waals surface area contributed by atoms with Gasteiger partial charge in [0.2, 0.25) is 0 Å². The molecule has 2 aliphatic rings. The van der Waals surface area contributed by atoms with Crippen LogP contribution in [-0.2, 0) is 0 Å². The van der Waals surface area contributed by atoms with Gasteiger partial charge in [0.25, 0.3) is 0 Å². The van der Waals surface area contributed by atoms with Gasteiger partial charge in [-0.05, 0) is 0 Å². The summed E-state index contributed by atoms with van der Waals surface area (Å²) in [4.78, 5) is 13.5. The molecule has 1 aromatic rings. The third kappa shape index (κ3) is 2.49. The van der Waals surface area contributed by atoms with Crippen molar-refractivity contribution in [3.63, 3.8) is 0 Å². The summed E-state index contributed by atoms with van der Waals surface area (Å²) in [5, 5.41) is 0. The van der Waals surface area contributed by atoms with Crippen molar-refractivity contribution < 1.29 is 4.79 Å². The van der Waals surface area contributed by atoms with Gasteiger partial charge in [-0.15, -0.1) is 0 Å². The molecule has 116 valence electrons. The van der Waals surface area contributed by atoms with Gasteiger partial charge in [-0.25, -0.2) is 0 Å². The van der Waals surface area contributed by atoms with Gasteiger partial charge in [0.1, 0.15) is 0 Å². The minimum atomic E-state index is -2.15. The van der Waals surface area contributed by atoms with Crippen LogP contribution in [0.2, 0.25) is 0 Å². The van der Waals surface area contributed by atoms with Crippen LogP contribution in [0.5, 0.6) is 0 Å². The molecule has 2 fully saturated rings. The fourth-order valence-electron chi connectivity index (χ4n) is 4.83. The third-order valence-corrected chi connectivity index (χ3v) is 13.1. The van der Waals surface area contributed by atoms with Gasteiger partial charge in [-0.2, -0.15) is 0 Å². The summed E-state index contributed by atoms with van der Waals surface area (Å²) < 4.78 is 0. The fourth-order valence-corrected chi connectivity index (χ4v) is 11.5. The average Bonchev–Trinajstić information content (AvgIpc) is 2.36. The van der Waals surface area contributed by atoms with Crippen LogP contribution < -0.4 is 0 Å². The number of benzene rings is 1.